The van der Waals surface area contributed by atoms with E-state index in [1.807, 2.05) is 13.8 Å². The number of aromatic nitrogens is 1. The lowest BCUT2D eigenvalue weighted by molar-refractivity contribution is -0.274. The van der Waals surface area contributed by atoms with Crippen molar-refractivity contribution in [2.75, 3.05) is 19.7 Å². The van der Waals surface area contributed by atoms with Crippen LogP contribution in [0.1, 0.15) is 13.8 Å². The molecule has 2 aromatic carbocycles. The number of carbonyl (C=O) groups is 1. The van der Waals surface area contributed by atoms with E-state index in [9.17, 15) is 18.0 Å². The number of hydrogen-bond donors (Lipinski definition) is 0. The molecule has 0 unspecified atom stereocenters. The van der Waals surface area contributed by atoms with Crippen molar-refractivity contribution in [1.82, 2.24) is 10.1 Å². The minimum absolute atomic E-state index is 0.164. The Kier molecular flexibility index (Phi) is 5.95. The second-order valence-corrected chi connectivity index (χ2v) is 6.13. The fourth-order valence-electron chi connectivity index (χ4n) is 2.85. The van der Waals surface area contributed by atoms with Gasteiger partial charge in [0.25, 0.3) is 11.8 Å². The van der Waals surface area contributed by atoms with Crippen molar-refractivity contribution in [3.8, 4) is 22.8 Å². The molecule has 3 aromatic rings. The van der Waals surface area contributed by atoms with Crippen molar-refractivity contribution in [3.63, 3.8) is 0 Å². The van der Waals surface area contributed by atoms with Crippen LogP contribution in [0.3, 0.4) is 0 Å². The van der Waals surface area contributed by atoms with E-state index >= 15 is 0 Å². The van der Waals surface area contributed by atoms with Gasteiger partial charge in [0.15, 0.2) is 12.2 Å². The van der Waals surface area contributed by atoms with Crippen molar-refractivity contribution in [1.29, 1.82) is 0 Å². The average molecular weight is 408 g/mol. The SMILES string of the molecule is CCN(CC)C(=O)COc1noc2ccc(-c3ccc(OC(F)(F)F)cc3)cc12. The van der Waals surface area contributed by atoms with Gasteiger partial charge in [-0.05, 0) is 54.4 Å². The van der Waals surface area contributed by atoms with Crippen LogP contribution in [0.4, 0.5) is 13.2 Å². The summed E-state index contributed by atoms with van der Waals surface area (Å²) >= 11 is 0. The maximum absolute atomic E-state index is 12.3. The first-order chi connectivity index (χ1) is 13.8. The van der Waals surface area contributed by atoms with Gasteiger partial charge in [-0.25, -0.2) is 0 Å². The third kappa shape index (κ3) is 4.98. The number of alkyl halides is 3. The molecule has 0 bridgehead atoms. The minimum atomic E-state index is -4.74. The summed E-state index contributed by atoms with van der Waals surface area (Å²) in [6, 6.07) is 10.7. The van der Waals surface area contributed by atoms with Crippen LogP contribution in [0, 0.1) is 0 Å². The van der Waals surface area contributed by atoms with Crippen molar-refractivity contribution in [3.05, 3.63) is 42.5 Å². The van der Waals surface area contributed by atoms with Crippen LogP contribution in [-0.2, 0) is 4.79 Å². The molecule has 1 amide bonds. The predicted molar refractivity (Wildman–Crippen MR) is 99.6 cm³/mol. The lowest BCUT2D eigenvalue weighted by atomic mass is 10.0. The van der Waals surface area contributed by atoms with E-state index in [-0.39, 0.29) is 24.1 Å². The van der Waals surface area contributed by atoms with Crippen molar-refractivity contribution in [2.45, 2.75) is 20.2 Å². The Hall–Kier alpha value is -3.23. The van der Waals surface area contributed by atoms with E-state index in [0.29, 0.717) is 29.6 Å². The van der Waals surface area contributed by atoms with E-state index < -0.39 is 6.36 Å². The molecule has 0 aliphatic carbocycles. The Morgan fingerprint density at radius 2 is 1.72 bits per heavy atom. The quantitative estimate of drug-likeness (QED) is 0.570. The zero-order valence-electron chi connectivity index (χ0n) is 15.8. The number of halogens is 3. The summed E-state index contributed by atoms with van der Waals surface area (Å²) < 4.78 is 51.5. The van der Waals surface area contributed by atoms with Crippen molar-refractivity contribution < 1.29 is 32.0 Å². The van der Waals surface area contributed by atoms with Gasteiger partial charge in [-0.2, -0.15) is 0 Å². The van der Waals surface area contributed by atoms with Crippen molar-refractivity contribution in [2.24, 2.45) is 0 Å². The van der Waals surface area contributed by atoms with Crippen LogP contribution in [0.2, 0.25) is 0 Å². The van der Waals surface area contributed by atoms with Gasteiger partial charge >= 0.3 is 6.36 Å². The molecule has 0 spiro atoms. The Morgan fingerprint density at radius 1 is 1.07 bits per heavy atom. The zero-order valence-corrected chi connectivity index (χ0v) is 15.8. The molecule has 0 atom stereocenters. The molecule has 0 fully saturated rings. The van der Waals surface area contributed by atoms with Gasteiger partial charge in [0.2, 0.25) is 0 Å². The topological polar surface area (TPSA) is 64.8 Å². The highest BCUT2D eigenvalue weighted by molar-refractivity contribution is 5.87. The zero-order chi connectivity index (χ0) is 21.0. The first-order valence-corrected chi connectivity index (χ1v) is 8.97. The average Bonchev–Trinajstić information content (AvgIpc) is 3.09. The fraction of sp³-hybridized carbons (Fsp3) is 0.300. The lowest BCUT2D eigenvalue weighted by Gasteiger charge is -2.18. The highest BCUT2D eigenvalue weighted by atomic mass is 19.4. The molecule has 0 saturated heterocycles. The normalized spacial score (nSPS) is 11.5. The molecule has 6 nitrogen and oxygen atoms in total. The van der Waals surface area contributed by atoms with Crippen LogP contribution in [0.25, 0.3) is 22.1 Å². The molecular weight excluding hydrogens is 389 g/mol. The number of rotatable bonds is 7. The standard InChI is InChI=1S/C20H19F3N2O4/c1-3-25(4-2)18(26)12-27-19-16-11-14(7-10-17(16)29-24-19)13-5-8-15(9-6-13)28-20(21,22)23/h5-11H,3-4,12H2,1-2H3. The van der Waals surface area contributed by atoms with Crippen LogP contribution in [-0.4, -0.2) is 42.0 Å². The highest BCUT2D eigenvalue weighted by Crippen LogP contribution is 2.31. The minimum Gasteiger partial charge on any atom is -0.465 e. The molecular formula is C20H19F3N2O4. The smallest absolute Gasteiger partial charge is 0.465 e. The number of fused-ring (bicyclic) bond motifs is 1. The van der Waals surface area contributed by atoms with E-state index in [0.717, 1.165) is 5.56 Å². The van der Waals surface area contributed by atoms with E-state index in [2.05, 4.69) is 9.89 Å². The Balaban J connectivity index is 1.79. The molecule has 0 aliphatic rings. The number of hydrogen-bond acceptors (Lipinski definition) is 5. The monoisotopic (exact) mass is 408 g/mol. The first kappa shape index (κ1) is 20.5. The first-order valence-electron chi connectivity index (χ1n) is 8.97. The van der Waals surface area contributed by atoms with Gasteiger partial charge in [0.05, 0.1) is 5.39 Å². The summed E-state index contributed by atoms with van der Waals surface area (Å²) in [6.45, 7) is 4.75. The van der Waals surface area contributed by atoms with E-state index in [1.54, 1.807) is 23.1 Å². The number of amides is 1. The summed E-state index contributed by atoms with van der Waals surface area (Å²) in [4.78, 5) is 13.7. The van der Waals surface area contributed by atoms with Gasteiger partial charge < -0.3 is 18.9 Å². The third-order valence-corrected chi connectivity index (χ3v) is 4.31. The van der Waals surface area contributed by atoms with Crippen LogP contribution in [0.15, 0.2) is 47.0 Å². The van der Waals surface area contributed by atoms with Crippen LogP contribution in [0.5, 0.6) is 11.6 Å². The molecule has 154 valence electrons. The Bertz CT molecular complexity index is 980. The summed E-state index contributed by atoms with van der Waals surface area (Å²) in [5, 5.41) is 4.42. The largest absolute Gasteiger partial charge is 0.573 e. The van der Waals surface area contributed by atoms with E-state index in [1.165, 1.54) is 24.3 Å². The maximum Gasteiger partial charge on any atom is 0.573 e. The number of carbonyl (C=O) groups excluding carboxylic acids is 1. The second kappa shape index (κ2) is 8.42. The summed E-state index contributed by atoms with van der Waals surface area (Å²) in [6.07, 6.45) is -4.74. The number of ether oxygens (including phenoxy) is 2. The van der Waals surface area contributed by atoms with Gasteiger partial charge in [-0.15, -0.1) is 13.2 Å². The molecule has 9 heteroatoms. The molecule has 1 heterocycles. The van der Waals surface area contributed by atoms with Gasteiger partial charge in [-0.1, -0.05) is 18.2 Å². The second-order valence-electron chi connectivity index (χ2n) is 6.13. The van der Waals surface area contributed by atoms with Crippen molar-refractivity contribution >= 4 is 16.9 Å². The molecule has 0 N–H and O–H groups in total. The Morgan fingerprint density at radius 3 is 2.34 bits per heavy atom. The summed E-state index contributed by atoms with van der Waals surface area (Å²) in [5.41, 5.74) is 1.86. The third-order valence-electron chi connectivity index (χ3n) is 4.31. The predicted octanol–water partition coefficient (Wildman–Crippen LogP) is 4.64. The van der Waals surface area contributed by atoms with Crippen LogP contribution >= 0.6 is 0 Å². The van der Waals surface area contributed by atoms with Crippen LogP contribution < -0.4 is 9.47 Å². The Labute approximate surface area is 164 Å². The number of nitrogens with zero attached hydrogens (tertiary/aromatic N) is 2. The number of benzene rings is 2. The molecule has 0 aliphatic heterocycles. The highest BCUT2D eigenvalue weighted by Gasteiger charge is 2.31. The fourth-order valence-corrected chi connectivity index (χ4v) is 2.85. The molecule has 1 aromatic heterocycles. The maximum atomic E-state index is 12.3. The van der Waals surface area contributed by atoms with Gasteiger partial charge in [-0.3, -0.25) is 4.79 Å². The van der Waals surface area contributed by atoms with Gasteiger partial charge in [0.1, 0.15) is 5.75 Å². The lowest BCUT2D eigenvalue weighted by Crippen LogP contribution is -2.34. The number of likely N-dealkylation sites (N-methyl/N-ethyl adjacent to an activating group) is 1. The van der Waals surface area contributed by atoms with E-state index in [4.69, 9.17) is 9.26 Å². The molecule has 3 rings (SSSR count). The molecule has 0 radical (unpaired) electrons. The summed E-state index contributed by atoms with van der Waals surface area (Å²) in [7, 11) is 0. The summed E-state index contributed by atoms with van der Waals surface area (Å²) in [5.74, 6) is -0.284. The molecule has 0 saturated carbocycles. The molecule has 29 heavy (non-hydrogen) atoms. The van der Waals surface area contributed by atoms with Gasteiger partial charge in [0, 0.05) is 13.1 Å².